The van der Waals surface area contributed by atoms with Crippen LogP contribution in [0.25, 0.3) is 0 Å². The van der Waals surface area contributed by atoms with Crippen molar-refractivity contribution >= 4 is 31.9 Å². The van der Waals surface area contributed by atoms with Crippen molar-refractivity contribution in [2.75, 3.05) is 40.4 Å². The molecule has 1 heterocycles. The molecule has 0 radical (unpaired) electrons. The van der Waals surface area contributed by atoms with E-state index in [9.17, 15) is 13.2 Å². The highest BCUT2D eigenvalue weighted by molar-refractivity contribution is 9.10. The van der Waals surface area contributed by atoms with E-state index in [2.05, 4.69) is 15.9 Å². The van der Waals surface area contributed by atoms with E-state index in [1.807, 2.05) is 0 Å². The number of nitrogens with zero attached hydrogens (tertiary/aromatic N) is 2. The van der Waals surface area contributed by atoms with Gasteiger partial charge >= 0.3 is 0 Å². The van der Waals surface area contributed by atoms with Crippen molar-refractivity contribution in [3.05, 3.63) is 16.6 Å². The van der Waals surface area contributed by atoms with Gasteiger partial charge in [-0.1, -0.05) is 0 Å². The minimum atomic E-state index is -3.73. The number of carbonyl (C=O) groups excluding carboxylic acids is 1. The van der Waals surface area contributed by atoms with Gasteiger partial charge in [0.25, 0.3) is 0 Å². The average Bonchev–Trinajstić information content (AvgIpc) is 2.54. The van der Waals surface area contributed by atoms with Gasteiger partial charge in [-0.05, 0) is 22.0 Å². The first-order valence-electron chi connectivity index (χ1n) is 6.98. The quantitative estimate of drug-likeness (QED) is 0.753. The highest BCUT2D eigenvalue weighted by atomic mass is 79.9. The fourth-order valence-corrected chi connectivity index (χ4v) is 4.48. The van der Waals surface area contributed by atoms with Crippen LogP contribution in [0.1, 0.15) is 6.92 Å². The third-order valence-electron chi connectivity index (χ3n) is 3.74. The number of methoxy groups -OCH3 is 2. The van der Waals surface area contributed by atoms with Gasteiger partial charge in [-0.25, -0.2) is 8.42 Å². The predicted octanol–water partition coefficient (Wildman–Crippen LogP) is 1.32. The van der Waals surface area contributed by atoms with Crippen LogP contribution in [-0.2, 0) is 14.8 Å². The van der Waals surface area contributed by atoms with Gasteiger partial charge in [0.2, 0.25) is 15.9 Å². The van der Waals surface area contributed by atoms with Gasteiger partial charge in [-0.2, -0.15) is 4.31 Å². The van der Waals surface area contributed by atoms with Gasteiger partial charge in [-0.3, -0.25) is 4.79 Å². The molecular weight excluding hydrogens is 388 g/mol. The van der Waals surface area contributed by atoms with Crippen molar-refractivity contribution in [1.82, 2.24) is 9.21 Å². The summed E-state index contributed by atoms with van der Waals surface area (Å²) in [6, 6.07) is 3.01. The van der Waals surface area contributed by atoms with E-state index in [4.69, 9.17) is 9.47 Å². The smallest absolute Gasteiger partial charge is 0.247 e. The summed E-state index contributed by atoms with van der Waals surface area (Å²) in [5.74, 6) is 0.600. The van der Waals surface area contributed by atoms with Crippen LogP contribution in [0.15, 0.2) is 21.5 Å². The molecule has 23 heavy (non-hydrogen) atoms. The monoisotopic (exact) mass is 406 g/mol. The van der Waals surface area contributed by atoms with Crippen LogP contribution < -0.4 is 9.47 Å². The van der Waals surface area contributed by atoms with E-state index >= 15 is 0 Å². The van der Waals surface area contributed by atoms with Crippen molar-refractivity contribution in [3.63, 3.8) is 0 Å². The first kappa shape index (κ1) is 18.0. The zero-order valence-electron chi connectivity index (χ0n) is 13.2. The molecule has 1 saturated heterocycles. The number of ether oxygens (including phenoxy) is 2. The number of halogens is 1. The minimum Gasteiger partial charge on any atom is -0.496 e. The molecule has 1 aromatic rings. The molecule has 0 saturated carbocycles. The number of amides is 1. The van der Waals surface area contributed by atoms with Crippen LogP contribution in [0.3, 0.4) is 0 Å². The van der Waals surface area contributed by atoms with Gasteiger partial charge in [0.05, 0.1) is 18.7 Å². The van der Waals surface area contributed by atoms with Gasteiger partial charge in [-0.15, -0.1) is 0 Å². The Hall–Kier alpha value is -1.32. The van der Waals surface area contributed by atoms with Gasteiger partial charge < -0.3 is 14.4 Å². The summed E-state index contributed by atoms with van der Waals surface area (Å²) in [5.41, 5.74) is 0. The molecule has 1 amide bonds. The summed E-state index contributed by atoms with van der Waals surface area (Å²) < 4.78 is 38.1. The number of rotatable bonds is 4. The lowest BCUT2D eigenvalue weighted by atomic mass is 10.3. The molecule has 0 bridgehead atoms. The number of hydrogen-bond donors (Lipinski definition) is 0. The fraction of sp³-hybridized carbons (Fsp3) is 0.500. The summed E-state index contributed by atoms with van der Waals surface area (Å²) in [4.78, 5) is 13.0. The molecule has 0 spiro atoms. The van der Waals surface area contributed by atoms with Crippen LogP contribution in [-0.4, -0.2) is 63.9 Å². The molecule has 1 fully saturated rings. The molecule has 7 nitrogen and oxygen atoms in total. The maximum Gasteiger partial charge on any atom is 0.247 e. The van der Waals surface area contributed by atoms with E-state index in [0.717, 1.165) is 0 Å². The summed E-state index contributed by atoms with van der Waals surface area (Å²) in [5, 5.41) is 0. The lowest BCUT2D eigenvalue weighted by molar-refractivity contribution is -0.129. The van der Waals surface area contributed by atoms with Crippen LogP contribution in [0.2, 0.25) is 0 Å². The fourth-order valence-electron chi connectivity index (χ4n) is 2.42. The van der Waals surface area contributed by atoms with E-state index in [0.29, 0.717) is 23.3 Å². The number of hydrogen-bond acceptors (Lipinski definition) is 5. The molecule has 1 aliphatic heterocycles. The topological polar surface area (TPSA) is 76.2 Å². The Kier molecular flexibility index (Phi) is 5.53. The highest BCUT2D eigenvalue weighted by Crippen LogP contribution is 2.36. The molecule has 128 valence electrons. The largest absolute Gasteiger partial charge is 0.496 e. The zero-order chi connectivity index (χ0) is 17.2. The molecule has 0 unspecified atom stereocenters. The normalized spacial score (nSPS) is 16.3. The van der Waals surface area contributed by atoms with Crippen molar-refractivity contribution in [2.24, 2.45) is 0 Å². The van der Waals surface area contributed by atoms with Crippen molar-refractivity contribution in [1.29, 1.82) is 0 Å². The van der Waals surface area contributed by atoms with Crippen molar-refractivity contribution in [3.8, 4) is 11.5 Å². The lowest BCUT2D eigenvalue weighted by Crippen LogP contribution is -2.49. The maximum absolute atomic E-state index is 12.9. The molecule has 0 aromatic heterocycles. The Morgan fingerprint density at radius 2 is 1.65 bits per heavy atom. The van der Waals surface area contributed by atoms with E-state index in [-0.39, 0.29) is 29.6 Å². The minimum absolute atomic E-state index is 0.0510. The maximum atomic E-state index is 12.9. The van der Waals surface area contributed by atoms with Gasteiger partial charge in [0.15, 0.2) is 0 Å². The molecule has 0 N–H and O–H groups in total. The molecular formula is C14H19BrN2O5S. The zero-order valence-corrected chi connectivity index (χ0v) is 15.6. The van der Waals surface area contributed by atoms with Crippen LogP contribution in [0.5, 0.6) is 11.5 Å². The summed E-state index contributed by atoms with van der Waals surface area (Å²) >= 11 is 3.31. The van der Waals surface area contributed by atoms with E-state index < -0.39 is 10.0 Å². The SMILES string of the molecule is COc1cc(S(=O)(=O)N2CCN(C(C)=O)CC2)c(OC)cc1Br. The van der Waals surface area contributed by atoms with Crippen LogP contribution in [0, 0.1) is 0 Å². The lowest BCUT2D eigenvalue weighted by Gasteiger charge is -2.33. The highest BCUT2D eigenvalue weighted by Gasteiger charge is 2.32. The Morgan fingerprint density at radius 3 is 2.13 bits per heavy atom. The number of piperazine rings is 1. The summed E-state index contributed by atoms with van der Waals surface area (Å²) in [7, 11) is -0.849. The third-order valence-corrected chi connectivity index (χ3v) is 6.28. The molecule has 0 atom stereocenters. The van der Waals surface area contributed by atoms with Crippen molar-refractivity contribution < 1.29 is 22.7 Å². The van der Waals surface area contributed by atoms with Gasteiger partial charge in [0, 0.05) is 39.2 Å². The first-order chi connectivity index (χ1) is 10.8. The molecule has 1 aliphatic rings. The second-order valence-electron chi connectivity index (χ2n) is 5.05. The second-order valence-corrected chi connectivity index (χ2v) is 7.81. The third kappa shape index (κ3) is 3.61. The Morgan fingerprint density at radius 1 is 1.09 bits per heavy atom. The molecule has 2 rings (SSSR count). The van der Waals surface area contributed by atoms with E-state index in [1.54, 1.807) is 11.0 Å². The Balaban J connectivity index is 2.35. The van der Waals surface area contributed by atoms with Crippen molar-refractivity contribution in [2.45, 2.75) is 11.8 Å². The molecule has 0 aliphatic carbocycles. The number of sulfonamides is 1. The summed E-state index contributed by atoms with van der Waals surface area (Å²) in [6.07, 6.45) is 0. The summed E-state index contributed by atoms with van der Waals surface area (Å²) in [6.45, 7) is 2.74. The number of benzene rings is 1. The standard InChI is InChI=1S/C14H19BrN2O5S/c1-10(18)16-4-6-17(7-5-16)23(19,20)14-9-12(21-2)11(15)8-13(14)22-3/h8-9H,4-7H2,1-3H3. The average molecular weight is 407 g/mol. The Bertz CT molecular complexity index is 699. The second kappa shape index (κ2) is 7.06. The first-order valence-corrected chi connectivity index (χ1v) is 9.21. The molecule has 9 heteroatoms. The Labute approximate surface area is 144 Å². The molecule has 1 aromatic carbocycles. The van der Waals surface area contributed by atoms with E-state index in [1.165, 1.54) is 31.5 Å². The number of carbonyl (C=O) groups is 1. The van der Waals surface area contributed by atoms with Gasteiger partial charge in [0.1, 0.15) is 16.4 Å². The predicted molar refractivity (Wildman–Crippen MR) is 88.3 cm³/mol. The van der Waals surface area contributed by atoms with Crippen LogP contribution in [0.4, 0.5) is 0 Å². The van der Waals surface area contributed by atoms with Crippen LogP contribution >= 0.6 is 15.9 Å².